The van der Waals surface area contributed by atoms with Gasteiger partial charge in [0.05, 0.1) is 5.75 Å². The third kappa shape index (κ3) is 7.74. The molecule has 0 fully saturated rings. The van der Waals surface area contributed by atoms with Crippen molar-refractivity contribution in [1.29, 1.82) is 0 Å². The molecule has 0 aromatic heterocycles. The maximum absolute atomic E-state index is 11.9. The molecule has 0 radical (unpaired) electrons. The van der Waals surface area contributed by atoms with Crippen LogP contribution >= 0.6 is 0 Å². The summed E-state index contributed by atoms with van der Waals surface area (Å²) in [6, 6.07) is 0. The smallest absolute Gasteiger partial charge is 0.302 e. The van der Waals surface area contributed by atoms with Crippen LogP contribution in [0.1, 0.15) is 19.8 Å². The molecule has 0 bridgehead atoms. The molecule has 1 unspecified atom stereocenters. The number of halogens is 1. The van der Waals surface area contributed by atoms with Crippen molar-refractivity contribution in [2.75, 3.05) is 12.3 Å². The van der Waals surface area contributed by atoms with Crippen molar-refractivity contribution in [3.05, 3.63) is 0 Å². The van der Waals surface area contributed by atoms with E-state index in [0.29, 0.717) is 13.0 Å². The fourth-order valence-electron chi connectivity index (χ4n) is 0.771. The van der Waals surface area contributed by atoms with Crippen LogP contribution in [0, 0.1) is 5.92 Å². The zero-order valence-electron chi connectivity index (χ0n) is 6.59. The summed E-state index contributed by atoms with van der Waals surface area (Å²) in [6.45, 7) is 2.38. The third-order valence-corrected chi connectivity index (χ3v) is 2.24. The SMILES string of the molecule is CC(CCN)CCS(=O)(=O)F. The normalized spacial score (nSPS) is 14.8. The molecule has 0 heterocycles. The Balaban J connectivity index is 3.54. The molecule has 0 saturated heterocycles. The lowest BCUT2D eigenvalue weighted by Gasteiger charge is -2.06. The highest BCUT2D eigenvalue weighted by Crippen LogP contribution is 2.08. The summed E-state index contributed by atoms with van der Waals surface area (Å²) in [5.41, 5.74) is 5.23. The van der Waals surface area contributed by atoms with Gasteiger partial charge in [-0.15, -0.1) is 3.89 Å². The topological polar surface area (TPSA) is 60.2 Å². The fourth-order valence-corrected chi connectivity index (χ4v) is 1.45. The molecule has 0 aliphatic rings. The molecular weight excluding hydrogens is 169 g/mol. The molecule has 0 aromatic rings. The number of hydrogen-bond donors (Lipinski definition) is 1. The molecule has 11 heavy (non-hydrogen) atoms. The van der Waals surface area contributed by atoms with Gasteiger partial charge in [0.25, 0.3) is 0 Å². The Bertz CT molecular complexity index is 191. The summed E-state index contributed by atoms with van der Waals surface area (Å²) in [5.74, 6) is -0.195. The lowest BCUT2D eigenvalue weighted by atomic mass is 10.1. The maximum Gasteiger partial charge on any atom is 0.302 e. The number of nitrogens with two attached hydrogens (primary N) is 1. The van der Waals surface area contributed by atoms with Gasteiger partial charge in [-0.05, 0) is 25.3 Å². The average molecular weight is 183 g/mol. The van der Waals surface area contributed by atoms with Gasteiger partial charge in [0, 0.05) is 0 Å². The van der Waals surface area contributed by atoms with Crippen molar-refractivity contribution in [2.24, 2.45) is 11.7 Å². The predicted octanol–water partition coefficient (Wildman–Crippen LogP) is 0.661. The monoisotopic (exact) mass is 183 g/mol. The molecule has 5 heteroatoms. The van der Waals surface area contributed by atoms with Crippen molar-refractivity contribution < 1.29 is 12.3 Å². The van der Waals surface area contributed by atoms with E-state index in [1.165, 1.54) is 0 Å². The average Bonchev–Trinajstić information content (AvgIpc) is 1.83. The lowest BCUT2D eigenvalue weighted by molar-refractivity contribution is 0.502. The molecule has 0 saturated carbocycles. The molecule has 0 aromatic carbocycles. The molecule has 2 N–H and O–H groups in total. The highest BCUT2D eigenvalue weighted by Gasteiger charge is 2.09. The Morgan fingerprint density at radius 2 is 2.00 bits per heavy atom. The quantitative estimate of drug-likeness (QED) is 0.637. The van der Waals surface area contributed by atoms with Crippen LogP contribution in [-0.2, 0) is 10.2 Å². The summed E-state index contributed by atoms with van der Waals surface area (Å²) < 4.78 is 32.0. The van der Waals surface area contributed by atoms with Crippen LogP contribution in [0.15, 0.2) is 0 Å². The third-order valence-electron chi connectivity index (χ3n) is 1.51. The Morgan fingerprint density at radius 1 is 1.45 bits per heavy atom. The largest absolute Gasteiger partial charge is 0.330 e. The van der Waals surface area contributed by atoms with Crippen molar-refractivity contribution in [1.82, 2.24) is 0 Å². The minimum atomic E-state index is -4.28. The van der Waals surface area contributed by atoms with E-state index in [4.69, 9.17) is 5.73 Å². The number of hydrogen-bond acceptors (Lipinski definition) is 3. The minimum Gasteiger partial charge on any atom is -0.330 e. The van der Waals surface area contributed by atoms with Crippen molar-refractivity contribution >= 4 is 10.2 Å². The van der Waals surface area contributed by atoms with E-state index in [1.807, 2.05) is 6.92 Å². The van der Waals surface area contributed by atoms with Crippen molar-refractivity contribution in [3.63, 3.8) is 0 Å². The second-order valence-electron chi connectivity index (χ2n) is 2.71. The van der Waals surface area contributed by atoms with E-state index in [9.17, 15) is 12.3 Å². The van der Waals surface area contributed by atoms with Gasteiger partial charge in [0.15, 0.2) is 0 Å². The summed E-state index contributed by atoms with van der Waals surface area (Å²) in [6.07, 6.45) is 1.10. The van der Waals surface area contributed by atoms with Gasteiger partial charge in [0.1, 0.15) is 0 Å². The predicted molar refractivity (Wildman–Crippen MR) is 42.3 cm³/mol. The second-order valence-corrected chi connectivity index (χ2v) is 4.20. The highest BCUT2D eigenvalue weighted by molar-refractivity contribution is 7.86. The Kier molecular flexibility index (Phi) is 4.60. The first-order valence-electron chi connectivity index (χ1n) is 3.58. The Hall–Kier alpha value is -0.160. The van der Waals surface area contributed by atoms with Crippen LogP contribution in [0.2, 0.25) is 0 Å². The summed E-state index contributed by atoms with van der Waals surface area (Å²) in [7, 11) is -4.28. The molecule has 0 aliphatic heterocycles. The molecule has 0 amide bonds. The van der Waals surface area contributed by atoms with Crippen LogP contribution in [0.5, 0.6) is 0 Å². The molecule has 3 nitrogen and oxygen atoms in total. The second kappa shape index (κ2) is 4.66. The van der Waals surface area contributed by atoms with Gasteiger partial charge in [-0.25, -0.2) is 0 Å². The van der Waals surface area contributed by atoms with E-state index in [2.05, 4.69) is 0 Å². The van der Waals surface area contributed by atoms with Gasteiger partial charge in [0.2, 0.25) is 0 Å². The van der Waals surface area contributed by atoms with Gasteiger partial charge in [-0.2, -0.15) is 8.42 Å². The summed E-state index contributed by atoms with van der Waals surface area (Å²) in [4.78, 5) is 0. The molecule has 0 aliphatic carbocycles. The summed E-state index contributed by atoms with van der Waals surface area (Å²) in [5, 5.41) is 0. The zero-order chi connectivity index (χ0) is 8.91. The van der Waals surface area contributed by atoms with Crippen LogP contribution < -0.4 is 5.73 Å². The molecule has 68 valence electrons. The lowest BCUT2D eigenvalue weighted by Crippen LogP contribution is -2.09. The molecule has 0 rings (SSSR count). The van der Waals surface area contributed by atoms with Gasteiger partial charge >= 0.3 is 10.2 Å². The van der Waals surface area contributed by atoms with Crippen LogP contribution in [0.25, 0.3) is 0 Å². The zero-order valence-corrected chi connectivity index (χ0v) is 7.40. The highest BCUT2D eigenvalue weighted by atomic mass is 32.3. The Morgan fingerprint density at radius 3 is 2.36 bits per heavy atom. The van der Waals surface area contributed by atoms with Gasteiger partial charge in [-0.3, -0.25) is 0 Å². The van der Waals surface area contributed by atoms with E-state index in [-0.39, 0.29) is 11.7 Å². The van der Waals surface area contributed by atoms with E-state index in [1.54, 1.807) is 0 Å². The first-order valence-corrected chi connectivity index (χ1v) is 5.13. The van der Waals surface area contributed by atoms with Gasteiger partial charge < -0.3 is 5.73 Å². The molecular formula is C6H14FNO2S. The first kappa shape index (κ1) is 10.8. The molecule has 1 atom stereocenters. The van der Waals surface area contributed by atoms with Crippen LogP contribution in [0.4, 0.5) is 3.89 Å². The number of rotatable bonds is 5. The maximum atomic E-state index is 11.9. The van der Waals surface area contributed by atoms with Gasteiger partial charge in [-0.1, -0.05) is 6.92 Å². The van der Waals surface area contributed by atoms with E-state index in [0.717, 1.165) is 6.42 Å². The summed E-state index contributed by atoms with van der Waals surface area (Å²) >= 11 is 0. The fraction of sp³-hybridized carbons (Fsp3) is 1.00. The van der Waals surface area contributed by atoms with Crippen LogP contribution in [0.3, 0.4) is 0 Å². The molecule has 0 spiro atoms. The van der Waals surface area contributed by atoms with Crippen LogP contribution in [-0.4, -0.2) is 20.7 Å². The first-order chi connectivity index (χ1) is 4.95. The van der Waals surface area contributed by atoms with E-state index >= 15 is 0 Å². The van der Waals surface area contributed by atoms with Crippen molar-refractivity contribution in [3.8, 4) is 0 Å². The standard InChI is InChI=1S/C6H14FNO2S/c1-6(2-4-8)3-5-11(7,9)10/h6H,2-5,8H2,1H3. The minimum absolute atomic E-state index is 0.186. The van der Waals surface area contributed by atoms with Crippen molar-refractivity contribution in [2.45, 2.75) is 19.8 Å². The Labute approximate surface area is 67.0 Å². The van der Waals surface area contributed by atoms with E-state index < -0.39 is 10.2 Å².